The van der Waals surface area contributed by atoms with Crippen LogP contribution in [0.5, 0.6) is 0 Å². The van der Waals surface area contributed by atoms with E-state index in [1.165, 1.54) is 18.2 Å². The summed E-state index contributed by atoms with van der Waals surface area (Å²) in [6.07, 6.45) is 5.21. The van der Waals surface area contributed by atoms with Crippen LogP contribution < -0.4 is 10.6 Å². The molecule has 2 rings (SSSR count). The zero-order valence-corrected chi connectivity index (χ0v) is 15.8. The third-order valence-corrected chi connectivity index (χ3v) is 5.03. The van der Waals surface area contributed by atoms with E-state index in [0.717, 1.165) is 50.6 Å². The normalized spacial score (nSPS) is 19.0. The van der Waals surface area contributed by atoms with Gasteiger partial charge in [-0.25, -0.2) is 8.78 Å². The number of benzene rings is 1. The summed E-state index contributed by atoms with van der Waals surface area (Å²) in [7, 11) is 1.76. The summed E-state index contributed by atoms with van der Waals surface area (Å²) in [4.78, 5) is 6.37. The number of aliphatic imine (C=N–C) groups is 1. The Bertz CT molecular complexity index is 548. The van der Waals surface area contributed by atoms with Crippen molar-refractivity contribution >= 4 is 17.7 Å². The standard InChI is InChI=1S/C18H28F2N4S/c1-21-18(22-9-5-11-25-2)23-14-6-4-10-24(12-14)13-15-16(19)7-3-8-17(15)20/h3,7-8,14H,4-6,9-13H2,1-2H3,(H2,21,22,23). The molecule has 1 saturated heterocycles. The largest absolute Gasteiger partial charge is 0.356 e. The molecule has 0 aromatic heterocycles. The fourth-order valence-corrected chi connectivity index (χ4v) is 3.47. The van der Waals surface area contributed by atoms with Gasteiger partial charge in [-0.2, -0.15) is 11.8 Å². The molecule has 0 radical (unpaired) electrons. The van der Waals surface area contributed by atoms with Gasteiger partial charge in [-0.3, -0.25) is 9.89 Å². The van der Waals surface area contributed by atoms with E-state index in [4.69, 9.17) is 0 Å². The van der Waals surface area contributed by atoms with E-state index in [2.05, 4.69) is 26.8 Å². The average molecular weight is 371 g/mol. The van der Waals surface area contributed by atoms with Gasteiger partial charge in [0.15, 0.2) is 5.96 Å². The molecule has 1 aromatic rings. The molecule has 0 saturated carbocycles. The molecule has 1 unspecified atom stereocenters. The number of guanidine groups is 1. The van der Waals surface area contributed by atoms with Gasteiger partial charge in [0.25, 0.3) is 0 Å². The summed E-state index contributed by atoms with van der Waals surface area (Å²) >= 11 is 1.83. The third-order valence-electron chi connectivity index (χ3n) is 4.33. The molecule has 2 N–H and O–H groups in total. The number of hydrogen-bond donors (Lipinski definition) is 2. The second kappa shape index (κ2) is 10.6. The first-order valence-electron chi connectivity index (χ1n) is 8.75. The summed E-state index contributed by atoms with van der Waals surface area (Å²) in [6.45, 7) is 2.79. The van der Waals surface area contributed by atoms with Crippen molar-refractivity contribution in [1.29, 1.82) is 0 Å². The molecule has 1 aliphatic rings. The minimum atomic E-state index is -0.471. The molecule has 1 heterocycles. The quantitative estimate of drug-likeness (QED) is 0.440. The SMILES string of the molecule is CN=C(NCCCSC)NC1CCCN(Cc2c(F)cccc2F)C1. The predicted molar refractivity (Wildman–Crippen MR) is 102 cm³/mol. The van der Waals surface area contributed by atoms with E-state index in [1.807, 2.05) is 11.8 Å². The van der Waals surface area contributed by atoms with Crippen molar-refractivity contribution in [2.75, 3.05) is 38.7 Å². The van der Waals surface area contributed by atoms with Gasteiger partial charge in [0.05, 0.1) is 0 Å². The molecule has 4 nitrogen and oxygen atoms in total. The Morgan fingerprint density at radius 3 is 2.80 bits per heavy atom. The van der Waals surface area contributed by atoms with Gasteiger partial charge in [0, 0.05) is 38.3 Å². The highest BCUT2D eigenvalue weighted by Crippen LogP contribution is 2.18. The number of nitrogens with zero attached hydrogens (tertiary/aromatic N) is 2. The van der Waals surface area contributed by atoms with Crippen LogP contribution in [0.2, 0.25) is 0 Å². The van der Waals surface area contributed by atoms with Crippen LogP contribution in [-0.4, -0.2) is 55.6 Å². The van der Waals surface area contributed by atoms with Crippen LogP contribution in [-0.2, 0) is 6.54 Å². The molecular weight excluding hydrogens is 342 g/mol. The topological polar surface area (TPSA) is 39.7 Å². The average Bonchev–Trinajstić information content (AvgIpc) is 2.61. The van der Waals surface area contributed by atoms with Crippen molar-refractivity contribution in [2.45, 2.75) is 31.8 Å². The van der Waals surface area contributed by atoms with Gasteiger partial charge in [0.2, 0.25) is 0 Å². The first-order valence-corrected chi connectivity index (χ1v) is 10.1. The summed E-state index contributed by atoms with van der Waals surface area (Å²) in [5.74, 6) is 0.975. The highest BCUT2D eigenvalue weighted by atomic mass is 32.2. The van der Waals surface area contributed by atoms with E-state index in [1.54, 1.807) is 7.05 Å². The van der Waals surface area contributed by atoms with Crippen LogP contribution in [0.1, 0.15) is 24.8 Å². The van der Waals surface area contributed by atoms with E-state index >= 15 is 0 Å². The molecule has 0 aliphatic carbocycles. The summed E-state index contributed by atoms with van der Waals surface area (Å²) in [5.41, 5.74) is 0.155. The first-order chi connectivity index (χ1) is 12.1. The highest BCUT2D eigenvalue weighted by Gasteiger charge is 2.22. The molecule has 1 fully saturated rings. The van der Waals surface area contributed by atoms with Crippen LogP contribution in [0.15, 0.2) is 23.2 Å². The van der Waals surface area contributed by atoms with Crippen molar-refractivity contribution in [3.05, 3.63) is 35.4 Å². The molecule has 25 heavy (non-hydrogen) atoms. The molecule has 1 aliphatic heterocycles. The van der Waals surface area contributed by atoms with Crippen molar-refractivity contribution in [3.63, 3.8) is 0 Å². The molecule has 140 valence electrons. The third kappa shape index (κ3) is 6.47. The summed E-state index contributed by atoms with van der Waals surface area (Å²) < 4.78 is 27.7. The van der Waals surface area contributed by atoms with E-state index < -0.39 is 11.6 Å². The van der Waals surface area contributed by atoms with E-state index in [-0.39, 0.29) is 11.6 Å². The molecule has 7 heteroatoms. The van der Waals surface area contributed by atoms with Gasteiger partial charge >= 0.3 is 0 Å². The van der Waals surface area contributed by atoms with Crippen LogP contribution in [0.25, 0.3) is 0 Å². The van der Waals surface area contributed by atoms with Crippen molar-refractivity contribution in [1.82, 2.24) is 15.5 Å². The van der Waals surface area contributed by atoms with Crippen molar-refractivity contribution in [2.24, 2.45) is 4.99 Å². The molecule has 0 spiro atoms. The first kappa shape index (κ1) is 20.0. The van der Waals surface area contributed by atoms with Crippen LogP contribution in [0.4, 0.5) is 8.78 Å². The maximum atomic E-state index is 13.9. The molecule has 0 bridgehead atoms. The Morgan fingerprint density at radius 2 is 2.12 bits per heavy atom. The van der Waals surface area contributed by atoms with Gasteiger partial charge in [-0.15, -0.1) is 0 Å². The second-order valence-electron chi connectivity index (χ2n) is 6.26. The highest BCUT2D eigenvalue weighted by molar-refractivity contribution is 7.98. The number of hydrogen-bond acceptors (Lipinski definition) is 3. The van der Waals surface area contributed by atoms with Gasteiger partial charge in [0.1, 0.15) is 11.6 Å². The fourth-order valence-electron chi connectivity index (χ4n) is 3.04. The monoisotopic (exact) mass is 370 g/mol. The van der Waals surface area contributed by atoms with Crippen LogP contribution >= 0.6 is 11.8 Å². The lowest BCUT2D eigenvalue weighted by atomic mass is 10.0. The zero-order chi connectivity index (χ0) is 18.1. The number of likely N-dealkylation sites (tertiary alicyclic amines) is 1. The van der Waals surface area contributed by atoms with Crippen LogP contribution in [0.3, 0.4) is 0 Å². The summed E-state index contributed by atoms with van der Waals surface area (Å²) in [5, 5.41) is 6.75. The van der Waals surface area contributed by atoms with Crippen LogP contribution in [0, 0.1) is 11.6 Å². The Balaban J connectivity index is 1.85. The second-order valence-corrected chi connectivity index (χ2v) is 7.25. The predicted octanol–water partition coefficient (Wildman–Crippen LogP) is 2.85. The number of thioether (sulfide) groups is 1. The maximum absolute atomic E-state index is 13.9. The maximum Gasteiger partial charge on any atom is 0.191 e. The minimum absolute atomic E-state index is 0.155. The molecule has 1 aromatic carbocycles. The van der Waals surface area contributed by atoms with E-state index in [9.17, 15) is 8.78 Å². The number of nitrogens with one attached hydrogen (secondary N) is 2. The lowest BCUT2D eigenvalue weighted by Crippen LogP contribution is -2.51. The van der Waals surface area contributed by atoms with E-state index in [0.29, 0.717) is 6.54 Å². The molecule has 0 amide bonds. The smallest absolute Gasteiger partial charge is 0.191 e. The lowest BCUT2D eigenvalue weighted by Gasteiger charge is -2.34. The zero-order valence-electron chi connectivity index (χ0n) is 15.0. The number of rotatable bonds is 7. The Labute approximate surface area is 153 Å². The molecule has 1 atom stereocenters. The number of halogens is 2. The van der Waals surface area contributed by atoms with Gasteiger partial charge in [-0.05, 0) is 49.9 Å². The molecular formula is C18H28F2N4S. The van der Waals surface area contributed by atoms with Crippen molar-refractivity contribution < 1.29 is 8.78 Å². The Hall–Kier alpha value is -1.34. The van der Waals surface area contributed by atoms with Gasteiger partial charge < -0.3 is 10.6 Å². The number of piperidine rings is 1. The lowest BCUT2D eigenvalue weighted by molar-refractivity contribution is 0.188. The Kier molecular flexibility index (Phi) is 8.48. The van der Waals surface area contributed by atoms with Crippen molar-refractivity contribution in [3.8, 4) is 0 Å². The summed E-state index contributed by atoms with van der Waals surface area (Å²) in [6, 6.07) is 4.27. The Morgan fingerprint density at radius 1 is 1.36 bits per heavy atom. The minimum Gasteiger partial charge on any atom is -0.356 e. The fraction of sp³-hybridized carbons (Fsp3) is 0.611. The van der Waals surface area contributed by atoms with Gasteiger partial charge in [-0.1, -0.05) is 6.07 Å².